The molecule has 1 aliphatic rings. The van der Waals surface area contributed by atoms with E-state index in [4.69, 9.17) is 9.84 Å². The fourth-order valence-corrected chi connectivity index (χ4v) is 3.44. The molecule has 0 aromatic carbocycles. The summed E-state index contributed by atoms with van der Waals surface area (Å²) in [7, 11) is 0. The summed E-state index contributed by atoms with van der Waals surface area (Å²) < 4.78 is 5.05. The minimum atomic E-state index is -1.66. The van der Waals surface area contributed by atoms with Crippen molar-refractivity contribution >= 4 is 17.7 Å². The monoisotopic (exact) mass is 447 g/mol. The lowest BCUT2D eigenvalue weighted by atomic mass is 9.95. The summed E-state index contributed by atoms with van der Waals surface area (Å²) in [5, 5.41) is 47.1. The van der Waals surface area contributed by atoms with Gasteiger partial charge < -0.3 is 41.1 Å². The highest BCUT2D eigenvalue weighted by Gasteiger charge is 2.45. The number of carbonyl (C=O) groups is 3. The third kappa shape index (κ3) is 8.34. The van der Waals surface area contributed by atoms with E-state index in [1.54, 1.807) is 0 Å². The molecule has 1 heterocycles. The van der Waals surface area contributed by atoms with Crippen molar-refractivity contribution in [2.75, 3.05) is 6.61 Å². The lowest BCUT2D eigenvalue weighted by Crippen LogP contribution is -2.66. The summed E-state index contributed by atoms with van der Waals surface area (Å²) in [4.78, 5) is 37.1. The summed E-state index contributed by atoms with van der Waals surface area (Å²) in [5.74, 6) is -1.45. The lowest BCUT2D eigenvalue weighted by Gasteiger charge is -2.40. The van der Waals surface area contributed by atoms with E-state index in [1.165, 1.54) is 6.92 Å². The molecule has 7 N–H and O–H groups in total. The third-order valence-electron chi connectivity index (χ3n) is 4.95. The first kappa shape index (κ1) is 27.2. The highest BCUT2D eigenvalue weighted by Crippen LogP contribution is 2.20. The molecule has 1 rings (SSSR count). The van der Waals surface area contributed by atoms with Crippen molar-refractivity contribution in [3.8, 4) is 0 Å². The quantitative estimate of drug-likeness (QED) is 0.201. The second-order valence-corrected chi connectivity index (χ2v) is 8.84. The van der Waals surface area contributed by atoms with Gasteiger partial charge in [0.2, 0.25) is 17.7 Å². The molecule has 7 atom stereocenters. The highest BCUT2D eigenvalue weighted by molar-refractivity contribution is 5.91. The van der Waals surface area contributed by atoms with E-state index in [9.17, 15) is 29.7 Å². The van der Waals surface area contributed by atoms with Gasteiger partial charge in [0.15, 0.2) is 6.29 Å². The molecule has 1 aliphatic heterocycles. The zero-order valence-electron chi connectivity index (χ0n) is 18.7. The maximum absolute atomic E-state index is 12.9. The first-order valence-electron chi connectivity index (χ1n) is 10.6. The number of hydrogen-bond acceptors (Lipinski definition) is 8. The standard InChI is InChI=1S/C20H37N3O8/c1-9(2)6-12(21-11(5)25)18(28)22-13(7-10(3)4)19(29)23-15-17(27)16(26)14(8-24)31-20(15)30/h9-10,12-17,20,24,26-27,30H,6-8H2,1-5H3,(H,21,25)(H,22,28)(H,23,29)/t12-,13-,14+,15+,16+,17+,20+/m0/s1. The Morgan fingerprint density at radius 1 is 0.871 bits per heavy atom. The molecule has 0 aliphatic carbocycles. The zero-order chi connectivity index (χ0) is 23.9. The van der Waals surface area contributed by atoms with Crippen LogP contribution in [0.2, 0.25) is 0 Å². The van der Waals surface area contributed by atoms with E-state index < -0.39 is 61.1 Å². The Kier molecular flexibility index (Phi) is 10.8. The summed E-state index contributed by atoms with van der Waals surface area (Å²) in [6.45, 7) is 8.19. The van der Waals surface area contributed by atoms with Crippen molar-refractivity contribution in [1.29, 1.82) is 0 Å². The SMILES string of the molecule is CC(=O)N[C@@H](CC(C)C)C(=O)N[C@@H](CC(C)C)C(=O)N[C@@H]1[C@@H](O)[C@H](O)[C@@H](CO)O[C@H]1O. The van der Waals surface area contributed by atoms with Crippen LogP contribution in [0.5, 0.6) is 0 Å². The Morgan fingerprint density at radius 2 is 1.39 bits per heavy atom. The molecule has 180 valence electrons. The second-order valence-electron chi connectivity index (χ2n) is 8.84. The normalized spacial score (nSPS) is 28.2. The second kappa shape index (κ2) is 12.3. The maximum Gasteiger partial charge on any atom is 0.243 e. The van der Waals surface area contributed by atoms with Crippen LogP contribution >= 0.6 is 0 Å². The summed E-state index contributed by atoms with van der Waals surface area (Å²) in [6, 6.07) is -3.19. The van der Waals surface area contributed by atoms with Gasteiger partial charge in [-0.3, -0.25) is 14.4 Å². The molecule has 0 bridgehead atoms. The van der Waals surface area contributed by atoms with Crippen LogP contribution in [0.4, 0.5) is 0 Å². The molecular formula is C20H37N3O8. The molecule has 0 unspecified atom stereocenters. The Hall–Kier alpha value is -1.79. The highest BCUT2D eigenvalue weighted by atomic mass is 16.6. The van der Waals surface area contributed by atoms with Crippen LogP contribution in [0, 0.1) is 11.8 Å². The molecule has 1 saturated heterocycles. The minimum absolute atomic E-state index is 0.0159. The van der Waals surface area contributed by atoms with Gasteiger partial charge in [-0.15, -0.1) is 0 Å². The molecule has 0 radical (unpaired) electrons. The first-order chi connectivity index (χ1) is 14.4. The van der Waals surface area contributed by atoms with Crippen LogP contribution in [0.3, 0.4) is 0 Å². The number of amides is 3. The van der Waals surface area contributed by atoms with E-state index in [-0.39, 0.29) is 24.2 Å². The maximum atomic E-state index is 12.9. The van der Waals surface area contributed by atoms with Crippen LogP contribution in [0.25, 0.3) is 0 Å². The molecule has 0 saturated carbocycles. The largest absolute Gasteiger partial charge is 0.394 e. The van der Waals surface area contributed by atoms with Gasteiger partial charge in [-0.05, 0) is 24.7 Å². The minimum Gasteiger partial charge on any atom is -0.394 e. The molecule has 0 aromatic heterocycles. The Bertz CT molecular complexity index is 615. The summed E-state index contributed by atoms with van der Waals surface area (Å²) in [6.07, 6.45) is -5.33. The Morgan fingerprint density at radius 3 is 1.84 bits per heavy atom. The lowest BCUT2D eigenvalue weighted by molar-refractivity contribution is -0.254. The molecule has 1 fully saturated rings. The van der Waals surface area contributed by atoms with E-state index in [2.05, 4.69) is 16.0 Å². The van der Waals surface area contributed by atoms with Crippen LogP contribution in [0.1, 0.15) is 47.5 Å². The number of rotatable bonds is 10. The number of ether oxygens (including phenoxy) is 1. The molecule has 11 heteroatoms. The van der Waals surface area contributed by atoms with Crippen molar-refractivity contribution < 1.29 is 39.5 Å². The number of hydrogen-bond donors (Lipinski definition) is 7. The molecule has 0 spiro atoms. The fraction of sp³-hybridized carbons (Fsp3) is 0.850. The predicted molar refractivity (Wildman–Crippen MR) is 110 cm³/mol. The number of aliphatic hydroxyl groups excluding tert-OH is 4. The average Bonchev–Trinajstić information content (AvgIpc) is 2.65. The van der Waals surface area contributed by atoms with Gasteiger partial charge in [-0.1, -0.05) is 27.7 Å². The predicted octanol–water partition coefficient (Wildman–Crippen LogP) is -2.02. The van der Waals surface area contributed by atoms with Gasteiger partial charge in [0.05, 0.1) is 6.61 Å². The average molecular weight is 448 g/mol. The van der Waals surface area contributed by atoms with Crippen molar-refractivity contribution in [3.05, 3.63) is 0 Å². The fourth-order valence-electron chi connectivity index (χ4n) is 3.44. The van der Waals surface area contributed by atoms with E-state index >= 15 is 0 Å². The van der Waals surface area contributed by atoms with Crippen LogP contribution < -0.4 is 16.0 Å². The van der Waals surface area contributed by atoms with Crippen molar-refractivity contribution in [1.82, 2.24) is 16.0 Å². The summed E-state index contributed by atoms with van der Waals surface area (Å²) in [5.41, 5.74) is 0. The van der Waals surface area contributed by atoms with Crippen LogP contribution in [-0.2, 0) is 19.1 Å². The topological polar surface area (TPSA) is 177 Å². The molecule has 0 aromatic rings. The van der Waals surface area contributed by atoms with Gasteiger partial charge in [0.1, 0.15) is 36.4 Å². The number of aliphatic hydroxyl groups is 4. The molecule has 31 heavy (non-hydrogen) atoms. The van der Waals surface area contributed by atoms with E-state index in [0.717, 1.165) is 0 Å². The van der Waals surface area contributed by atoms with Crippen LogP contribution in [0.15, 0.2) is 0 Å². The van der Waals surface area contributed by atoms with E-state index in [1.807, 2.05) is 27.7 Å². The van der Waals surface area contributed by atoms with Gasteiger partial charge in [0.25, 0.3) is 0 Å². The number of nitrogens with one attached hydrogen (secondary N) is 3. The van der Waals surface area contributed by atoms with E-state index in [0.29, 0.717) is 6.42 Å². The molecule has 3 amide bonds. The first-order valence-corrected chi connectivity index (χ1v) is 10.6. The van der Waals surface area contributed by atoms with Crippen LogP contribution in [-0.4, -0.2) is 87.5 Å². The number of carbonyl (C=O) groups excluding carboxylic acids is 3. The van der Waals surface area contributed by atoms with Crippen molar-refractivity contribution in [2.45, 2.75) is 90.2 Å². The van der Waals surface area contributed by atoms with Gasteiger partial charge in [-0.2, -0.15) is 0 Å². The summed E-state index contributed by atoms with van der Waals surface area (Å²) >= 11 is 0. The smallest absolute Gasteiger partial charge is 0.243 e. The van der Waals surface area contributed by atoms with Crippen molar-refractivity contribution in [3.63, 3.8) is 0 Å². The van der Waals surface area contributed by atoms with Gasteiger partial charge in [0, 0.05) is 6.92 Å². The Balaban J connectivity index is 2.93. The molecular weight excluding hydrogens is 410 g/mol. The van der Waals surface area contributed by atoms with Gasteiger partial charge in [-0.25, -0.2) is 0 Å². The van der Waals surface area contributed by atoms with Gasteiger partial charge >= 0.3 is 0 Å². The van der Waals surface area contributed by atoms with Crippen molar-refractivity contribution in [2.24, 2.45) is 11.8 Å². The third-order valence-corrected chi connectivity index (χ3v) is 4.95. The molecule has 11 nitrogen and oxygen atoms in total. The zero-order valence-corrected chi connectivity index (χ0v) is 18.7. The Labute approximate surface area is 182 Å².